The number of nitro benzene ring substituents is 1. The lowest BCUT2D eigenvalue weighted by atomic mass is 10.1. The molecule has 2 aromatic rings. The van der Waals surface area contributed by atoms with Crippen molar-refractivity contribution in [2.45, 2.75) is 13.3 Å². The average molecular weight is 319 g/mol. The summed E-state index contributed by atoms with van der Waals surface area (Å²) in [5.41, 5.74) is 1.39. The highest BCUT2D eigenvalue weighted by molar-refractivity contribution is 6.30. The monoisotopic (exact) mass is 318 g/mol. The van der Waals surface area contributed by atoms with Gasteiger partial charge in [0.15, 0.2) is 0 Å². The molecule has 1 amide bonds. The SMILES string of the molecule is Cc1cccc(C(=O)NCCc2cccc(Cl)c2)c1[N+](=O)[O-]. The Morgan fingerprint density at radius 2 is 2.00 bits per heavy atom. The largest absolute Gasteiger partial charge is 0.351 e. The van der Waals surface area contributed by atoms with E-state index in [-0.39, 0.29) is 11.3 Å². The first-order chi connectivity index (χ1) is 10.5. The number of nitro groups is 1. The zero-order valence-corrected chi connectivity index (χ0v) is 12.8. The summed E-state index contributed by atoms with van der Waals surface area (Å²) < 4.78 is 0. The molecule has 0 heterocycles. The lowest BCUT2D eigenvalue weighted by Crippen LogP contribution is -2.26. The van der Waals surface area contributed by atoms with Crippen LogP contribution in [0.4, 0.5) is 5.69 Å². The van der Waals surface area contributed by atoms with E-state index in [1.807, 2.05) is 18.2 Å². The first-order valence-electron chi connectivity index (χ1n) is 6.75. The van der Waals surface area contributed by atoms with Gasteiger partial charge in [-0.05, 0) is 37.1 Å². The van der Waals surface area contributed by atoms with Gasteiger partial charge in [0.05, 0.1) is 4.92 Å². The molecule has 0 unspecified atom stereocenters. The zero-order chi connectivity index (χ0) is 16.1. The summed E-state index contributed by atoms with van der Waals surface area (Å²) in [5.74, 6) is -0.447. The molecule has 6 heteroatoms. The van der Waals surface area contributed by atoms with Crippen molar-refractivity contribution in [1.29, 1.82) is 0 Å². The van der Waals surface area contributed by atoms with Crippen LogP contribution in [0.3, 0.4) is 0 Å². The van der Waals surface area contributed by atoms with Crippen LogP contribution < -0.4 is 5.32 Å². The van der Waals surface area contributed by atoms with Crippen LogP contribution in [0.15, 0.2) is 42.5 Å². The van der Waals surface area contributed by atoms with Crippen LogP contribution in [-0.2, 0) is 6.42 Å². The van der Waals surface area contributed by atoms with E-state index in [9.17, 15) is 14.9 Å². The number of rotatable bonds is 5. The van der Waals surface area contributed by atoms with Crippen molar-refractivity contribution < 1.29 is 9.72 Å². The Hall–Kier alpha value is -2.40. The fourth-order valence-electron chi connectivity index (χ4n) is 2.19. The average Bonchev–Trinajstić information content (AvgIpc) is 2.46. The molecule has 2 aromatic carbocycles. The maximum absolute atomic E-state index is 12.1. The maximum atomic E-state index is 12.1. The van der Waals surface area contributed by atoms with Gasteiger partial charge in [-0.15, -0.1) is 0 Å². The molecule has 114 valence electrons. The van der Waals surface area contributed by atoms with Crippen molar-refractivity contribution in [2.75, 3.05) is 6.54 Å². The van der Waals surface area contributed by atoms with E-state index in [4.69, 9.17) is 11.6 Å². The van der Waals surface area contributed by atoms with Crippen molar-refractivity contribution >= 4 is 23.2 Å². The highest BCUT2D eigenvalue weighted by atomic mass is 35.5. The number of benzene rings is 2. The van der Waals surface area contributed by atoms with Gasteiger partial charge < -0.3 is 5.32 Å². The van der Waals surface area contributed by atoms with Crippen molar-refractivity contribution in [1.82, 2.24) is 5.32 Å². The second kappa shape index (κ2) is 7.04. The van der Waals surface area contributed by atoms with Crippen molar-refractivity contribution in [2.24, 2.45) is 0 Å². The van der Waals surface area contributed by atoms with Crippen LogP contribution in [0.1, 0.15) is 21.5 Å². The summed E-state index contributed by atoms with van der Waals surface area (Å²) >= 11 is 5.89. The highest BCUT2D eigenvalue weighted by Gasteiger charge is 2.21. The third-order valence-electron chi connectivity index (χ3n) is 3.25. The molecule has 0 radical (unpaired) electrons. The Bertz CT molecular complexity index is 716. The Kier molecular flexibility index (Phi) is 5.12. The molecule has 0 saturated heterocycles. The number of nitrogens with one attached hydrogen (secondary N) is 1. The molecule has 0 atom stereocenters. The molecule has 0 spiro atoms. The highest BCUT2D eigenvalue weighted by Crippen LogP contribution is 2.22. The van der Waals surface area contributed by atoms with Crippen LogP contribution in [-0.4, -0.2) is 17.4 Å². The van der Waals surface area contributed by atoms with Gasteiger partial charge in [0, 0.05) is 17.1 Å². The fourth-order valence-corrected chi connectivity index (χ4v) is 2.41. The third-order valence-corrected chi connectivity index (χ3v) is 3.49. The number of carbonyl (C=O) groups is 1. The second-order valence-electron chi connectivity index (χ2n) is 4.86. The number of nitrogens with zero attached hydrogens (tertiary/aromatic N) is 1. The van der Waals surface area contributed by atoms with Gasteiger partial charge in [0.1, 0.15) is 5.56 Å². The molecule has 0 bridgehead atoms. The Morgan fingerprint density at radius 3 is 2.68 bits per heavy atom. The summed E-state index contributed by atoms with van der Waals surface area (Å²) in [7, 11) is 0. The van der Waals surface area contributed by atoms with E-state index >= 15 is 0 Å². The van der Waals surface area contributed by atoms with E-state index in [0.717, 1.165) is 5.56 Å². The number of carbonyl (C=O) groups excluding carboxylic acids is 1. The number of para-hydroxylation sites is 1. The van der Waals surface area contributed by atoms with Gasteiger partial charge in [-0.3, -0.25) is 14.9 Å². The lowest BCUT2D eigenvalue weighted by molar-refractivity contribution is -0.385. The molecule has 0 aliphatic rings. The number of aryl methyl sites for hydroxylation is 1. The molecule has 22 heavy (non-hydrogen) atoms. The third kappa shape index (κ3) is 3.83. The topological polar surface area (TPSA) is 72.2 Å². The first kappa shape index (κ1) is 16.0. The molecule has 0 aliphatic heterocycles. The van der Waals surface area contributed by atoms with Gasteiger partial charge in [-0.25, -0.2) is 0 Å². The molecule has 0 aromatic heterocycles. The van der Waals surface area contributed by atoms with Gasteiger partial charge in [-0.1, -0.05) is 35.9 Å². The molecule has 5 nitrogen and oxygen atoms in total. The molecule has 2 rings (SSSR count). The molecule has 0 fully saturated rings. The van der Waals surface area contributed by atoms with E-state index in [2.05, 4.69) is 5.32 Å². The van der Waals surface area contributed by atoms with Gasteiger partial charge >= 0.3 is 0 Å². The standard InChI is InChI=1S/C16H15ClN2O3/c1-11-4-2-7-14(15(11)19(21)22)16(20)18-9-8-12-5-3-6-13(17)10-12/h2-7,10H,8-9H2,1H3,(H,18,20). The minimum Gasteiger partial charge on any atom is -0.351 e. The molecule has 0 aliphatic carbocycles. The fraction of sp³-hybridized carbons (Fsp3) is 0.188. The smallest absolute Gasteiger partial charge is 0.285 e. The zero-order valence-electron chi connectivity index (χ0n) is 12.0. The van der Waals surface area contributed by atoms with Crippen molar-refractivity contribution in [3.05, 3.63) is 74.3 Å². The Balaban J connectivity index is 2.04. The van der Waals surface area contributed by atoms with Crippen LogP contribution in [0.2, 0.25) is 5.02 Å². The van der Waals surface area contributed by atoms with Crippen molar-refractivity contribution in [3.63, 3.8) is 0 Å². The van der Waals surface area contributed by atoms with E-state index in [1.165, 1.54) is 6.07 Å². The van der Waals surface area contributed by atoms with Crippen LogP contribution in [0.5, 0.6) is 0 Å². The second-order valence-corrected chi connectivity index (χ2v) is 5.30. The molecule has 1 N–H and O–H groups in total. The summed E-state index contributed by atoms with van der Waals surface area (Å²) in [6, 6.07) is 12.1. The minimum atomic E-state index is -0.527. The summed E-state index contributed by atoms with van der Waals surface area (Å²) in [4.78, 5) is 22.7. The quantitative estimate of drug-likeness (QED) is 0.677. The summed E-state index contributed by atoms with van der Waals surface area (Å²) in [6.45, 7) is 1.99. The van der Waals surface area contributed by atoms with Crippen LogP contribution >= 0.6 is 11.6 Å². The predicted molar refractivity (Wildman–Crippen MR) is 85.3 cm³/mol. The van der Waals surface area contributed by atoms with Crippen molar-refractivity contribution in [3.8, 4) is 0 Å². The number of amides is 1. The van der Waals surface area contributed by atoms with Crippen LogP contribution in [0.25, 0.3) is 0 Å². The first-order valence-corrected chi connectivity index (χ1v) is 7.13. The summed E-state index contributed by atoms with van der Waals surface area (Å²) in [6.07, 6.45) is 0.603. The van der Waals surface area contributed by atoms with Gasteiger partial charge in [0.25, 0.3) is 11.6 Å². The maximum Gasteiger partial charge on any atom is 0.285 e. The molecule has 0 saturated carbocycles. The number of hydrogen-bond acceptors (Lipinski definition) is 3. The summed E-state index contributed by atoms with van der Waals surface area (Å²) in [5, 5.41) is 14.4. The van der Waals surface area contributed by atoms with E-state index in [0.29, 0.717) is 23.6 Å². The number of hydrogen-bond donors (Lipinski definition) is 1. The lowest BCUT2D eigenvalue weighted by Gasteiger charge is -2.07. The van der Waals surface area contributed by atoms with Crippen LogP contribution in [0, 0.1) is 17.0 Å². The predicted octanol–water partition coefficient (Wildman–Crippen LogP) is 3.53. The van der Waals surface area contributed by atoms with E-state index in [1.54, 1.807) is 25.1 Å². The minimum absolute atomic E-state index is 0.0797. The van der Waals surface area contributed by atoms with Gasteiger partial charge in [-0.2, -0.15) is 0 Å². The normalized spacial score (nSPS) is 10.3. The van der Waals surface area contributed by atoms with Gasteiger partial charge in [0.2, 0.25) is 0 Å². The Labute approximate surface area is 133 Å². The molecular weight excluding hydrogens is 304 g/mol. The van der Waals surface area contributed by atoms with E-state index < -0.39 is 10.8 Å². The molecular formula is C16H15ClN2O3. The number of halogens is 1. The Morgan fingerprint density at radius 1 is 1.27 bits per heavy atom.